The van der Waals surface area contributed by atoms with Crippen LogP contribution in [0.25, 0.3) is 0 Å². The maximum absolute atomic E-state index is 12.1. The molecule has 1 atom stereocenters. The van der Waals surface area contributed by atoms with Crippen molar-refractivity contribution in [3.05, 3.63) is 29.8 Å². The number of ether oxygens (including phenoxy) is 1. The molecular formula is C20H29N3O4. The van der Waals surface area contributed by atoms with Gasteiger partial charge < -0.3 is 15.4 Å². The number of amides is 2. The number of aryl methyl sites for hydroxylation is 1. The highest BCUT2D eigenvalue weighted by Gasteiger charge is 2.27. The second kappa shape index (κ2) is 10.7. The number of benzene rings is 1. The van der Waals surface area contributed by atoms with Crippen molar-refractivity contribution in [3.63, 3.8) is 0 Å². The fourth-order valence-electron chi connectivity index (χ4n) is 3.23. The predicted molar refractivity (Wildman–Crippen MR) is 103 cm³/mol. The number of hydrogen-bond donors (Lipinski definition) is 2. The van der Waals surface area contributed by atoms with E-state index in [-0.39, 0.29) is 36.8 Å². The van der Waals surface area contributed by atoms with Gasteiger partial charge in [-0.3, -0.25) is 19.3 Å². The van der Waals surface area contributed by atoms with Crippen molar-refractivity contribution in [2.75, 3.05) is 38.1 Å². The van der Waals surface area contributed by atoms with Gasteiger partial charge >= 0.3 is 5.97 Å². The average molecular weight is 375 g/mol. The van der Waals surface area contributed by atoms with Crippen molar-refractivity contribution in [2.45, 2.75) is 33.1 Å². The molecule has 148 valence electrons. The van der Waals surface area contributed by atoms with Gasteiger partial charge in [0.15, 0.2) is 0 Å². The van der Waals surface area contributed by atoms with E-state index in [4.69, 9.17) is 4.74 Å². The lowest BCUT2D eigenvalue weighted by atomic mass is 9.98. The molecule has 2 N–H and O–H groups in total. The maximum Gasteiger partial charge on any atom is 0.310 e. The Morgan fingerprint density at radius 1 is 1.19 bits per heavy atom. The molecule has 2 amide bonds. The zero-order valence-electron chi connectivity index (χ0n) is 16.1. The first-order chi connectivity index (χ1) is 13.0. The lowest BCUT2D eigenvalue weighted by Gasteiger charge is -2.30. The maximum atomic E-state index is 12.1. The Hall–Kier alpha value is -2.41. The van der Waals surface area contributed by atoms with Gasteiger partial charge in [-0.15, -0.1) is 0 Å². The number of carbonyl (C=O) groups is 3. The van der Waals surface area contributed by atoms with Crippen molar-refractivity contribution < 1.29 is 19.1 Å². The normalized spacial score (nSPS) is 17.2. The largest absolute Gasteiger partial charge is 0.466 e. The van der Waals surface area contributed by atoms with Crippen molar-refractivity contribution in [2.24, 2.45) is 5.92 Å². The van der Waals surface area contributed by atoms with Gasteiger partial charge in [-0.1, -0.05) is 25.1 Å². The fraction of sp³-hybridized carbons (Fsp3) is 0.550. The van der Waals surface area contributed by atoms with Gasteiger partial charge in [0.05, 0.1) is 25.6 Å². The summed E-state index contributed by atoms with van der Waals surface area (Å²) < 4.78 is 5.07. The van der Waals surface area contributed by atoms with E-state index in [0.717, 1.165) is 37.1 Å². The Balaban J connectivity index is 1.75. The van der Waals surface area contributed by atoms with Gasteiger partial charge in [0.25, 0.3) is 0 Å². The summed E-state index contributed by atoms with van der Waals surface area (Å²) in [6, 6.07) is 7.61. The van der Waals surface area contributed by atoms with Crippen LogP contribution < -0.4 is 10.6 Å². The summed E-state index contributed by atoms with van der Waals surface area (Å²) in [7, 11) is 0. The summed E-state index contributed by atoms with van der Waals surface area (Å²) in [6.45, 7) is 5.55. The number of para-hydroxylation sites is 1. The quantitative estimate of drug-likeness (QED) is 0.674. The highest BCUT2D eigenvalue weighted by Crippen LogP contribution is 2.17. The van der Waals surface area contributed by atoms with E-state index in [9.17, 15) is 14.4 Å². The second-order valence-electron chi connectivity index (χ2n) is 6.66. The monoisotopic (exact) mass is 375 g/mol. The number of likely N-dealkylation sites (tertiary alicyclic amines) is 1. The minimum atomic E-state index is -0.257. The molecule has 2 rings (SSSR count). The number of carbonyl (C=O) groups excluding carboxylic acids is 3. The SMILES string of the molecule is CCOC(=O)[C@@H]1CCCN(CC(=O)NCC(=O)Nc2ccccc2CC)C1. The standard InChI is InChI=1S/C20H29N3O4/c1-3-15-8-5-6-10-17(15)22-18(24)12-21-19(25)14-23-11-7-9-16(13-23)20(26)27-4-2/h5-6,8,10,16H,3-4,7,9,11-14H2,1-2H3,(H,21,25)(H,22,24)/t16-/m1/s1. The summed E-state index contributed by atoms with van der Waals surface area (Å²) in [6.07, 6.45) is 2.46. The van der Waals surface area contributed by atoms with Gasteiger partial charge in [-0.2, -0.15) is 0 Å². The van der Waals surface area contributed by atoms with E-state index >= 15 is 0 Å². The van der Waals surface area contributed by atoms with Crippen molar-refractivity contribution in [3.8, 4) is 0 Å². The van der Waals surface area contributed by atoms with Crippen LogP contribution in [0, 0.1) is 5.92 Å². The van der Waals surface area contributed by atoms with Crippen LogP contribution in [0.4, 0.5) is 5.69 Å². The topological polar surface area (TPSA) is 87.7 Å². The summed E-state index contributed by atoms with van der Waals surface area (Å²) in [5, 5.41) is 5.48. The average Bonchev–Trinajstić information content (AvgIpc) is 2.67. The van der Waals surface area contributed by atoms with Crippen molar-refractivity contribution in [1.82, 2.24) is 10.2 Å². The Kier molecular flexibility index (Phi) is 8.26. The molecule has 1 fully saturated rings. The fourth-order valence-corrected chi connectivity index (χ4v) is 3.23. The highest BCUT2D eigenvalue weighted by molar-refractivity contribution is 5.95. The third kappa shape index (κ3) is 6.67. The first-order valence-corrected chi connectivity index (χ1v) is 9.56. The van der Waals surface area contributed by atoms with Gasteiger partial charge in [0, 0.05) is 12.2 Å². The number of nitrogens with one attached hydrogen (secondary N) is 2. The van der Waals surface area contributed by atoms with Crippen LogP contribution in [0.5, 0.6) is 0 Å². The smallest absolute Gasteiger partial charge is 0.310 e. The molecule has 1 saturated heterocycles. The van der Waals surface area contributed by atoms with E-state index in [2.05, 4.69) is 10.6 Å². The zero-order chi connectivity index (χ0) is 19.6. The number of anilines is 1. The molecule has 27 heavy (non-hydrogen) atoms. The van der Waals surface area contributed by atoms with Gasteiger partial charge in [0.1, 0.15) is 0 Å². The molecule has 0 aromatic heterocycles. The molecule has 7 nitrogen and oxygen atoms in total. The minimum absolute atomic E-state index is 0.0774. The first kappa shape index (κ1) is 20.9. The Labute approximate surface area is 160 Å². The third-order valence-corrected chi connectivity index (χ3v) is 4.61. The summed E-state index contributed by atoms with van der Waals surface area (Å²) in [5.74, 6) is -0.859. The second-order valence-corrected chi connectivity index (χ2v) is 6.66. The molecule has 0 aliphatic carbocycles. The number of rotatable bonds is 8. The zero-order valence-corrected chi connectivity index (χ0v) is 16.1. The van der Waals surface area contributed by atoms with Gasteiger partial charge in [-0.25, -0.2) is 0 Å². The highest BCUT2D eigenvalue weighted by atomic mass is 16.5. The molecule has 0 spiro atoms. The van der Waals surface area contributed by atoms with Gasteiger partial charge in [0.2, 0.25) is 11.8 Å². The lowest BCUT2D eigenvalue weighted by Crippen LogP contribution is -2.45. The molecule has 0 bridgehead atoms. The summed E-state index contributed by atoms with van der Waals surface area (Å²) in [4.78, 5) is 38.0. The first-order valence-electron chi connectivity index (χ1n) is 9.56. The molecule has 1 aliphatic heterocycles. The number of nitrogens with zero attached hydrogens (tertiary/aromatic N) is 1. The minimum Gasteiger partial charge on any atom is -0.466 e. The molecule has 0 saturated carbocycles. The number of esters is 1. The van der Waals surface area contributed by atoms with Crippen molar-refractivity contribution in [1.29, 1.82) is 0 Å². The van der Waals surface area contributed by atoms with Crippen LogP contribution in [0.3, 0.4) is 0 Å². The summed E-state index contributed by atoms with van der Waals surface area (Å²) >= 11 is 0. The molecule has 1 aliphatic rings. The van der Waals surface area contributed by atoms with E-state index in [1.165, 1.54) is 0 Å². The predicted octanol–water partition coefficient (Wildman–Crippen LogP) is 1.58. The summed E-state index contributed by atoms with van der Waals surface area (Å²) in [5.41, 5.74) is 1.82. The van der Waals surface area contributed by atoms with E-state index in [1.807, 2.05) is 36.1 Å². The van der Waals surface area contributed by atoms with Crippen LogP contribution in [0.15, 0.2) is 24.3 Å². The molecule has 1 heterocycles. The third-order valence-electron chi connectivity index (χ3n) is 4.61. The molecule has 1 aromatic carbocycles. The lowest BCUT2D eigenvalue weighted by molar-refractivity contribution is -0.150. The van der Waals surface area contributed by atoms with Crippen LogP contribution in [-0.2, 0) is 25.5 Å². The molecule has 7 heteroatoms. The molecule has 0 unspecified atom stereocenters. The Morgan fingerprint density at radius 2 is 1.96 bits per heavy atom. The van der Waals surface area contributed by atoms with E-state index in [1.54, 1.807) is 6.92 Å². The molecule has 0 radical (unpaired) electrons. The molecular weight excluding hydrogens is 346 g/mol. The van der Waals surface area contributed by atoms with Crippen molar-refractivity contribution >= 4 is 23.5 Å². The van der Waals surface area contributed by atoms with Crippen LogP contribution in [-0.4, -0.2) is 55.5 Å². The molecule has 1 aromatic rings. The van der Waals surface area contributed by atoms with Crippen LogP contribution >= 0.6 is 0 Å². The van der Waals surface area contributed by atoms with E-state index < -0.39 is 0 Å². The number of piperidine rings is 1. The van der Waals surface area contributed by atoms with Gasteiger partial charge in [-0.05, 0) is 44.4 Å². The number of hydrogen-bond acceptors (Lipinski definition) is 5. The van der Waals surface area contributed by atoms with Crippen LogP contribution in [0.2, 0.25) is 0 Å². The Bertz CT molecular complexity index is 662. The Morgan fingerprint density at radius 3 is 2.70 bits per heavy atom. The van der Waals surface area contributed by atoms with Crippen LogP contribution in [0.1, 0.15) is 32.3 Å². The van der Waals surface area contributed by atoms with E-state index in [0.29, 0.717) is 13.2 Å².